The molecule has 3 N–H and O–H groups in total. The quantitative estimate of drug-likeness (QED) is 0.753. The van der Waals surface area contributed by atoms with Gasteiger partial charge in [-0.15, -0.1) is 0 Å². The van der Waals surface area contributed by atoms with Crippen LogP contribution >= 0.6 is 0 Å². The van der Waals surface area contributed by atoms with Gasteiger partial charge in [0.1, 0.15) is 0 Å². The Morgan fingerprint density at radius 1 is 1.29 bits per heavy atom. The lowest BCUT2D eigenvalue weighted by molar-refractivity contribution is -0.283. The number of aromatic amines is 1. The molecule has 0 aliphatic carbocycles. The van der Waals surface area contributed by atoms with Gasteiger partial charge in [0.2, 0.25) is 0 Å². The molecule has 0 saturated heterocycles. The average molecular weight is 297 g/mol. The van der Waals surface area contributed by atoms with E-state index in [1.807, 2.05) is 0 Å². The number of amides is 1. The van der Waals surface area contributed by atoms with Gasteiger partial charge < -0.3 is 10.1 Å². The smallest absolute Gasteiger partial charge is 0.360 e. The molecule has 1 aromatic heterocycles. The Morgan fingerprint density at radius 2 is 2.00 bits per heavy atom. The average Bonchev–Trinajstić information content (AvgIpc) is 3.01. The van der Waals surface area contributed by atoms with Gasteiger partial charge in [0, 0.05) is 23.3 Å². The fraction of sp³-hybridized carbons (Fsp3) is 0.154. The van der Waals surface area contributed by atoms with Crippen LogP contribution in [0.2, 0.25) is 0 Å². The Balaban J connectivity index is 2.03. The highest BCUT2D eigenvalue weighted by atomic mass is 19.4. The minimum absolute atomic E-state index is 0.0319. The number of alkyl halides is 3. The molecular formula is C13H10F3N3O2. The van der Waals surface area contributed by atoms with Crippen LogP contribution in [-0.2, 0) is 0 Å². The molecule has 2 heterocycles. The van der Waals surface area contributed by atoms with E-state index >= 15 is 0 Å². The number of halogens is 3. The number of hydrazine groups is 1. The summed E-state index contributed by atoms with van der Waals surface area (Å²) < 4.78 is 38.9. The number of hydrogen-bond donors (Lipinski definition) is 3. The minimum atomic E-state index is -5.02. The maximum absolute atomic E-state index is 13.0. The number of nitrogens with zero attached hydrogens (tertiary/aromatic N) is 1. The normalized spacial score (nSPS) is 21.8. The van der Waals surface area contributed by atoms with Gasteiger partial charge >= 0.3 is 6.18 Å². The van der Waals surface area contributed by atoms with Crippen molar-refractivity contribution in [2.24, 2.45) is 0 Å². The number of carbonyl (C=O) groups is 1. The molecule has 0 unspecified atom stereocenters. The van der Waals surface area contributed by atoms with Crippen molar-refractivity contribution in [3.05, 3.63) is 48.3 Å². The molecule has 0 bridgehead atoms. The van der Waals surface area contributed by atoms with Crippen LogP contribution in [0.3, 0.4) is 0 Å². The molecular weight excluding hydrogens is 287 g/mol. The van der Waals surface area contributed by atoms with Crippen molar-refractivity contribution in [1.82, 2.24) is 15.4 Å². The van der Waals surface area contributed by atoms with Gasteiger partial charge in [-0.3, -0.25) is 10.2 Å². The van der Waals surface area contributed by atoms with Crippen LogP contribution in [0, 0.1) is 0 Å². The number of carbonyl (C=O) groups excluding carboxylic acids is 1. The van der Waals surface area contributed by atoms with E-state index in [2.05, 4.69) is 10.4 Å². The fourth-order valence-electron chi connectivity index (χ4n) is 2.20. The molecule has 0 spiro atoms. The molecule has 1 atom stereocenters. The van der Waals surface area contributed by atoms with Gasteiger partial charge in [-0.05, 0) is 12.1 Å². The highest BCUT2D eigenvalue weighted by Crippen LogP contribution is 2.37. The first kappa shape index (κ1) is 13.5. The van der Waals surface area contributed by atoms with E-state index in [1.54, 1.807) is 24.3 Å². The molecule has 8 heteroatoms. The van der Waals surface area contributed by atoms with E-state index in [0.717, 1.165) is 6.20 Å². The lowest BCUT2D eigenvalue weighted by atomic mass is 10.1. The first-order valence-electron chi connectivity index (χ1n) is 5.98. The maximum Gasteiger partial charge on any atom is 0.442 e. The summed E-state index contributed by atoms with van der Waals surface area (Å²) in [6, 6.07) is 6.69. The summed E-state index contributed by atoms with van der Waals surface area (Å²) >= 11 is 0. The zero-order valence-electron chi connectivity index (χ0n) is 10.5. The topological polar surface area (TPSA) is 68.4 Å². The van der Waals surface area contributed by atoms with E-state index in [0.29, 0.717) is 17.0 Å². The molecule has 21 heavy (non-hydrogen) atoms. The predicted molar refractivity (Wildman–Crippen MR) is 67.7 cm³/mol. The number of hydrogen-bond acceptors (Lipinski definition) is 3. The molecule has 5 nitrogen and oxygen atoms in total. The molecule has 0 fully saturated rings. The van der Waals surface area contributed by atoms with Crippen LogP contribution in [0.5, 0.6) is 0 Å². The lowest BCUT2D eigenvalue weighted by Gasteiger charge is -2.33. The summed E-state index contributed by atoms with van der Waals surface area (Å²) in [7, 11) is 0. The van der Waals surface area contributed by atoms with Crippen molar-refractivity contribution >= 4 is 16.8 Å². The van der Waals surface area contributed by atoms with Gasteiger partial charge in [0.25, 0.3) is 11.6 Å². The fourth-order valence-corrected chi connectivity index (χ4v) is 2.20. The Bertz CT molecular complexity index is 738. The Kier molecular flexibility index (Phi) is 2.74. The minimum Gasteiger partial charge on any atom is -0.360 e. The van der Waals surface area contributed by atoms with Crippen LogP contribution in [-0.4, -0.2) is 32.9 Å². The number of aliphatic hydroxyl groups is 1. The monoisotopic (exact) mass is 297 g/mol. The third kappa shape index (κ3) is 1.87. The van der Waals surface area contributed by atoms with Crippen molar-refractivity contribution < 1.29 is 23.1 Å². The SMILES string of the molecule is O=C(c1c[nH]c2ccccc12)N1NC=C[C@@]1(O)C(F)(F)F. The lowest BCUT2D eigenvalue weighted by Crippen LogP contribution is -2.60. The number of rotatable bonds is 1. The Labute approximate surface area is 116 Å². The van der Waals surface area contributed by atoms with Gasteiger partial charge in [0.05, 0.1) is 5.56 Å². The molecule has 0 saturated carbocycles. The van der Waals surface area contributed by atoms with E-state index in [1.165, 1.54) is 6.20 Å². The second-order valence-corrected chi connectivity index (χ2v) is 4.57. The van der Waals surface area contributed by atoms with Crippen LogP contribution in [0.25, 0.3) is 10.9 Å². The number of nitrogens with one attached hydrogen (secondary N) is 2. The van der Waals surface area contributed by atoms with Gasteiger partial charge in [0.15, 0.2) is 0 Å². The molecule has 1 aromatic carbocycles. The van der Waals surface area contributed by atoms with Crippen LogP contribution < -0.4 is 5.43 Å². The highest BCUT2D eigenvalue weighted by molar-refractivity contribution is 6.07. The summed E-state index contributed by atoms with van der Waals surface area (Å²) in [5.74, 6) is -0.989. The van der Waals surface area contributed by atoms with E-state index < -0.39 is 17.8 Å². The molecule has 1 amide bonds. The molecule has 2 aromatic rings. The Hall–Kier alpha value is -2.48. The summed E-state index contributed by atoms with van der Waals surface area (Å²) in [4.78, 5) is 15.1. The maximum atomic E-state index is 13.0. The van der Waals surface area contributed by atoms with E-state index in [9.17, 15) is 23.1 Å². The standard InChI is InChI=1S/C13H10F3N3O2/c14-13(15,16)12(21)5-6-18-19(12)11(20)9-7-17-10-4-2-1-3-8(9)10/h1-7,17-18,21H/t12-/m1/s1. The summed E-state index contributed by atoms with van der Waals surface area (Å²) in [5, 5.41) is 10.4. The molecule has 110 valence electrons. The molecule has 1 aliphatic heterocycles. The zero-order valence-corrected chi connectivity index (χ0v) is 10.5. The molecule has 3 rings (SSSR count). The van der Waals surface area contributed by atoms with Gasteiger partial charge in [-0.1, -0.05) is 18.2 Å². The van der Waals surface area contributed by atoms with Crippen molar-refractivity contribution in [3.63, 3.8) is 0 Å². The molecule has 1 aliphatic rings. The van der Waals surface area contributed by atoms with Crippen LogP contribution in [0.1, 0.15) is 10.4 Å². The van der Waals surface area contributed by atoms with Crippen LogP contribution in [0.15, 0.2) is 42.7 Å². The summed E-state index contributed by atoms with van der Waals surface area (Å²) in [5.41, 5.74) is -0.600. The zero-order chi connectivity index (χ0) is 15.3. The van der Waals surface area contributed by atoms with Crippen molar-refractivity contribution in [3.8, 4) is 0 Å². The van der Waals surface area contributed by atoms with Gasteiger partial charge in [-0.2, -0.15) is 13.2 Å². The van der Waals surface area contributed by atoms with Crippen molar-refractivity contribution in [1.29, 1.82) is 0 Å². The number of aromatic nitrogens is 1. The first-order chi connectivity index (χ1) is 9.84. The largest absolute Gasteiger partial charge is 0.442 e. The number of H-pyrrole nitrogens is 1. The van der Waals surface area contributed by atoms with Crippen molar-refractivity contribution in [2.75, 3.05) is 0 Å². The third-order valence-corrected chi connectivity index (χ3v) is 3.30. The second kappa shape index (κ2) is 4.26. The van der Waals surface area contributed by atoms with Crippen LogP contribution in [0.4, 0.5) is 13.2 Å². The molecule has 0 radical (unpaired) electrons. The summed E-state index contributed by atoms with van der Waals surface area (Å²) in [6.45, 7) is 0. The van der Waals surface area contributed by atoms with Gasteiger partial charge in [-0.25, -0.2) is 5.01 Å². The number of benzene rings is 1. The first-order valence-corrected chi connectivity index (χ1v) is 5.98. The number of fused-ring (bicyclic) bond motifs is 1. The van der Waals surface area contributed by atoms with E-state index in [-0.39, 0.29) is 10.6 Å². The second-order valence-electron chi connectivity index (χ2n) is 4.57. The van der Waals surface area contributed by atoms with Crippen molar-refractivity contribution in [2.45, 2.75) is 11.9 Å². The summed E-state index contributed by atoms with van der Waals surface area (Å²) in [6.07, 6.45) is -2.35. The predicted octanol–water partition coefficient (Wildman–Crippen LogP) is 1.89. The third-order valence-electron chi connectivity index (χ3n) is 3.30. The Morgan fingerprint density at radius 3 is 2.71 bits per heavy atom. The number of para-hydroxylation sites is 1. The van der Waals surface area contributed by atoms with E-state index in [4.69, 9.17) is 0 Å². The highest BCUT2D eigenvalue weighted by Gasteiger charge is 2.60.